The van der Waals surface area contributed by atoms with Crippen LogP contribution in [0.2, 0.25) is 0 Å². The van der Waals surface area contributed by atoms with Crippen molar-refractivity contribution in [3.63, 3.8) is 0 Å². The van der Waals surface area contributed by atoms with Gasteiger partial charge in [-0.3, -0.25) is 4.90 Å². The number of hydrogen-bond acceptors (Lipinski definition) is 9. The second-order valence-corrected chi connectivity index (χ2v) is 11.9. The Balaban J connectivity index is 1.37. The summed E-state index contributed by atoms with van der Waals surface area (Å²) in [5.74, 6) is 1.09. The minimum atomic E-state index is -4.65. The number of methoxy groups -OCH3 is 1. The summed E-state index contributed by atoms with van der Waals surface area (Å²) < 4.78 is 74.6. The summed E-state index contributed by atoms with van der Waals surface area (Å²) >= 11 is 0. The van der Waals surface area contributed by atoms with E-state index in [0.29, 0.717) is 68.2 Å². The average Bonchev–Trinajstić information content (AvgIpc) is 3.59. The molecule has 0 saturated carbocycles. The number of nitrogens with zero attached hydrogens (tertiary/aromatic N) is 5. The van der Waals surface area contributed by atoms with Gasteiger partial charge in [-0.15, -0.1) is 0 Å². The van der Waals surface area contributed by atoms with Crippen LogP contribution in [0, 0.1) is 0 Å². The Hall–Kier alpha value is -3.00. The van der Waals surface area contributed by atoms with Crippen molar-refractivity contribution in [3.05, 3.63) is 59.2 Å². The maximum Gasteiger partial charge on any atom is 0.418 e. The van der Waals surface area contributed by atoms with Gasteiger partial charge in [0.25, 0.3) is 0 Å². The molecule has 6 aliphatic rings. The van der Waals surface area contributed by atoms with Crippen LogP contribution in [0.3, 0.4) is 0 Å². The number of allylic oxidation sites excluding steroid dienone is 1. The third-order valence-corrected chi connectivity index (χ3v) is 9.15. The van der Waals surface area contributed by atoms with Crippen LogP contribution < -0.4 is 4.90 Å². The Labute approximate surface area is 248 Å². The summed E-state index contributed by atoms with van der Waals surface area (Å²) in [5, 5.41) is 4.78. The minimum Gasteiger partial charge on any atom is -0.447 e. The van der Waals surface area contributed by atoms with Crippen molar-refractivity contribution in [2.45, 2.75) is 75.7 Å². The van der Waals surface area contributed by atoms with Crippen LogP contribution in [0.1, 0.15) is 45.3 Å². The number of morpholine rings is 2. The molecule has 4 unspecified atom stereocenters. The lowest BCUT2D eigenvalue weighted by Gasteiger charge is -2.44. The SMILES string of the molecule is COC(C1=CN(c2ccn(C3CCCCO3)n2)C2=COC(N3C4CCC3COC4)=CC2=C1N1CCOC[C@H]1C)C(F)(F)F. The summed E-state index contributed by atoms with van der Waals surface area (Å²) in [5.41, 5.74) is 1.72. The number of fused-ring (bicyclic) bond motifs is 3. The fourth-order valence-corrected chi connectivity index (χ4v) is 7.08. The van der Waals surface area contributed by atoms with Crippen LogP contribution in [0.15, 0.2) is 59.2 Å². The first-order chi connectivity index (χ1) is 20.8. The molecule has 234 valence electrons. The summed E-state index contributed by atoms with van der Waals surface area (Å²) in [4.78, 5) is 5.92. The number of anilines is 1. The minimum absolute atomic E-state index is 0.0156. The predicted molar refractivity (Wildman–Crippen MR) is 149 cm³/mol. The number of rotatable bonds is 6. The molecule has 4 saturated heterocycles. The van der Waals surface area contributed by atoms with E-state index >= 15 is 0 Å². The zero-order valence-corrected chi connectivity index (χ0v) is 24.5. The lowest BCUT2D eigenvalue weighted by molar-refractivity contribution is -0.200. The molecule has 6 aliphatic heterocycles. The summed E-state index contributed by atoms with van der Waals surface area (Å²) in [6.45, 7) is 5.07. The Morgan fingerprint density at radius 3 is 2.56 bits per heavy atom. The van der Waals surface area contributed by atoms with Crippen molar-refractivity contribution in [3.8, 4) is 0 Å². The van der Waals surface area contributed by atoms with Crippen molar-refractivity contribution in [2.75, 3.05) is 51.6 Å². The third kappa shape index (κ3) is 5.23. The van der Waals surface area contributed by atoms with Gasteiger partial charge >= 0.3 is 6.18 Å². The number of ether oxygens (including phenoxy) is 5. The smallest absolute Gasteiger partial charge is 0.418 e. The summed E-state index contributed by atoms with van der Waals surface area (Å²) in [6.07, 6.45) is 4.65. The van der Waals surface area contributed by atoms with Crippen molar-refractivity contribution in [1.29, 1.82) is 0 Å². The van der Waals surface area contributed by atoms with E-state index in [1.165, 1.54) is 6.20 Å². The van der Waals surface area contributed by atoms with Crippen LogP contribution in [-0.4, -0.2) is 96.7 Å². The van der Waals surface area contributed by atoms with Crippen molar-refractivity contribution in [2.24, 2.45) is 0 Å². The second kappa shape index (κ2) is 11.5. The van der Waals surface area contributed by atoms with Crippen LogP contribution in [0.4, 0.5) is 19.0 Å². The van der Waals surface area contributed by atoms with E-state index in [1.807, 2.05) is 24.1 Å². The first-order valence-electron chi connectivity index (χ1n) is 15.1. The van der Waals surface area contributed by atoms with Gasteiger partial charge in [-0.1, -0.05) is 0 Å². The Morgan fingerprint density at radius 1 is 1.05 bits per heavy atom. The quantitative estimate of drug-likeness (QED) is 0.469. The summed E-state index contributed by atoms with van der Waals surface area (Å²) in [7, 11) is 1.10. The molecule has 1 aromatic rings. The van der Waals surface area contributed by atoms with Gasteiger partial charge in [0.2, 0.25) is 0 Å². The first kappa shape index (κ1) is 28.8. The highest BCUT2D eigenvalue weighted by atomic mass is 19.4. The molecule has 0 N–H and O–H groups in total. The molecule has 0 radical (unpaired) electrons. The van der Waals surface area contributed by atoms with Crippen molar-refractivity contribution >= 4 is 5.82 Å². The van der Waals surface area contributed by atoms with E-state index in [2.05, 4.69) is 4.90 Å². The third-order valence-electron chi connectivity index (χ3n) is 9.15. The van der Waals surface area contributed by atoms with E-state index in [0.717, 1.165) is 39.2 Å². The van der Waals surface area contributed by atoms with Crippen molar-refractivity contribution < 1.29 is 36.9 Å². The highest BCUT2D eigenvalue weighted by Crippen LogP contribution is 2.45. The Morgan fingerprint density at radius 2 is 1.86 bits per heavy atom. The van der Waals surface area contributed by atoms with Crippen LogP contribution in [0.5, 0.6) is 0 Å². The molecule has 0 spiro atoms. The molecular formula is C30H38F3N5O5. The molecule has 7 rings (SSSR count). The predicted octanol–water partition coefficient (Wildman–Crippen LogP) is 4.41. The monoisotopic (exact) mass is 605 g/mol. The average molecular weight is 606 g/mol. The molecule has 1 aromatic heterocycles. The zero-order valence-electron chi connectivity index (χ0n) is 24.5. The molecular weight excluding hydrogens is 567 g/mol. The Kier molecular flexibility index (Phi) is 7.68. The van der Waals surface area contributed by atoms with Crippen LogP contribution in [0.25, 0.3) is 0 Å². The Bertz CT molecular complexity index is 1320. The molecule has 0 aromatic carbocycles. The number of halogens is 3. The molecule has 7 heterocycles. The molecule has 43 heavy (non-hydrogen) atoms. The van der Waals surface area contributed by atoms with Gasteiger partial charge in [-0.25, -0.2) is 4.68 Å². The normalized spacial score (nSPS) is 30.4. The van der Waals surface area contributed by atoms with Gasteiger partial charge in [0, 0.05) is 62.0 Å². The molecule has 5 atom stereocenters. The largest absolute Gasteiger partial charge is 0.447 e. The fourth-order valence-electron chi connectivity index (χ4n) is 7.08. The molecule has 0 amide bonds. The van der Waals surface area contributed by atoms with Gasteiger partial charge < -0.3 is 33.5 Å². The van der Waals surface area contributed by atoms with Gasteiger partial charge in [0.05, 0.1) is 49.9 Å². The van der Waals surface area contributed by atoms with E-state index < -0.39 is 12.3 Å². The molecule has 2 bridgehead atoms. The van der Waals surface area contributed by atoms with Gasteiger partial charge in [0.1, 0.15) is 12.5 Å². The van der Waals surface area contributed by atoms with E-state index in [-0.39, 0.29) is 29.9 Å². The van der Waals surface area contributed by atoms with Gasteiger partial charge in [-0.2, -0.15) is 18.3 Å². The van der Waals surface area contributed by atoms with Crippen LogP contribution >= 0.6 is 0 Å². The second-order valence-electron chi connectivity index (χ2n) is 11.9. The van der Waals surface area contributed by atoms with Gasteiger partial charge in [0.15, 0.2) is 17.8 Å². The van der Waals surface area contributed by atoms with Crippen LogP contribution in [-0.2, 0) is 23.7 Å². The number of aromatic nitrogens is 2. The van der Waals surface area contributed by atoms with Crippen molar-refractivity contribution in [1.82, 2.24) is 19.6 Å². The first-order valence-corrected chi connectivity index (χ1v) is 15.1. The number of hydrogen-bond donors (Lipinski definition) is 0. The van der Waals surface area contributed by atoms with Gasteiger partial charge in [-0.05, 0) is 39.0 Å². The molecule has 13 heteroatoms. The highest BCUT2D eigenvalue weighted by Gasteiger charge is 2.48. The molecule has 10 nitrogen and oxygen atoms in total. The lowest BCUT2D eigenvalue weighted by Crippen LogP contribution is -2.48. The standard InChI is InChI=1S/C30H38F3N5O5/c1-19-15-40-12-10-35(19)28-22-13-27(38-20-6-7-21(38)17-41-16-20)43-18-24(22)36(14-23(28)29(39-2)30(31,32)33)25-8-9-37(34-25)26-5-3-4-11-42-26/h8-9,13-14,18-21,26,29H,3-7,10-12,15-17H2,1-2H3/t19-,20?,21?,26?,29?/m1/s1. The maximum absolute atomic E-state index is 14.7. The molecule has 0 aliphatic carbocycles. The molecule has 4 fully saturated rings. The fraction of sp³-hybridized carbons (Fsp3) is 0.633. The number of alkyl halides is 3. The summed E-state index contributed by atoms with van der Waals surface area (Å²) in [6, 6.07) is 1.97. The highest BCUT2D eigenvalue weighted by molar-refractivity contribution is 5.67. The van der Waals surface area contributed by atoms with E-state index in [9.17, 15) is 13.2 Å². The van der Waals surface area contributed by atoms with E-state index in [1.54, 1.807) is 21.9 Å². The zero-order chi connectivity index (χ0) is 29.7. The lowest BCUT2D eigenvalue weighted by atomic mass is 9.92. The van der Waals surface area contributed by atoms with E-state index in [4.69, 9.17) is 28.8 Å². The topological polar surface area (TPSA) is 73.7 Å². The maximum atomic E-state index is 14.7.